The van der Waals surface area contributed by atoms with Gasteiger partial charge in [-0.05, 0) is 75.8 Å². The molecule has 4 nitrogen and oxygen atoms in total. The molecule has 0 amide bonds. The first kappa shape index (κ1) is 24.2. The van der Waals surface area contributed by atoms with Crippen molar-refractivity contribution < 1.29 is 9.47 Å². The smallest absolute Gasteiger partial charge is 0.170 e. The van der Waals surface area contributed by atoms with Crippen LogP contribution in [0.25, 0.3) is 55.3 Å². The lowest BCUT2D eigenvalue weighted by molar-refractivity contribution is 0.359. The number of fused-ring (bicyclic) bond motifs is 8. The van der Waals surface area contributed by atoms with Gasteiger partial charge in [0.1, 0.15) is 0 Å². The van der Waals surface area contributed by atoms with E-state index in [2.05, 4.69) is 122 Å². The highest BCUT2D eigenvalue weighted by Gasteiger charge is 2.37. The van der Waals surface area contributed by atoms with Gasteiger partial charge in [0, 0.05) is 27.9 Å². The first-order valence-corrected chi connectivity index (χ1v) is 14.6. The molecule has 0 bridgehead atoms. The van der Waals surface area contributed by atoms with Crippen molar-refractivity contribution in [3.8, 4) is 56.5 Å². The van der Waals surface area contributed by atoms with Crippen molar-refractivity contribution in [2.75, 3.05) is 0 Å². The van der Waals surface area contributed by atoms with Crippen molar-refractivity contribution in [3.05, 3.63) is 133 Å². The summed E-state index contributed by atoms with van der Waals surface area (Å²) in [6.45, 7) is 4.54. The van der Waals surface area contributed by atoms with Crippen LogP contribution in [-0.4, -0.2) is 9.97 Å². The Kier molecular flexibility index (Phi) is 4.92. The zero-order chi connectivity index (χ0) is 28.7. The quantitative estimate of drug-likeness (QED) is 0.199. The average Bonchev–Trinajstić information content (AvgIpc) is 3.27. The van der Waals surface area contributed by atoms with Crippen molar-refractivity contribution in [2.45, 2.75) is 19.3 Å². The Labute approximate surface area is 249 Å². The number of pyridine rings is 2. The Bertz CT molecular complexity index is 2290. The van der Waals surface area contributed by atoms with Crippen LogP contribution >= 0.6 is 0 Å². The molecule has 4 heteroatoms. The maximum Gasteiger partial charge on any atom is 0.170 e. The van der Waals surface area contributed by atoms with E-state index < -0.39 is 0 Å². The van der Waals surface area contributed by atoms with Gasteiger partial charge in [0.05, 0.1) is 16.7 Å². The monoisotopic (exact) mass is 554 g/mol. The van der Waals surface area contributed by atoms with E-state index in [1.165, 1.54) is 22.3 Å². The van der Waals surface area contributed by atoms with Crippen LogP contribution in [0.1, 0.15) is 25.0 Å². The molecule has 2 aliphatic rings. The van der Waals surface area contributed by atoms with Gasteiger partial charge in [-0.2, -0.15) is 0 Å². The highest BCUT2D eigenvalue weighted by atomic mass is 16.6. The van der Waals surface area contributed by atoms with E-state index in [-0.39, 0.29) is 5.41 Å². The Morgan fingerprint density at radius 2 is 1.26 bits per heavy atom. The van der Waals surface area contributed by atoms with Crippen LogP contribution in [0, 0.1) is 0 Å². The van der Waals surface area contributed by atoms with Gasteiger partial charge in [-0.1, -0.05) is 86.6 Å². The number of hydrogen-bond donors (Lipinski definition) is 0. The highest BCUT2D eigenvalue weighted by Crippen LogP contribution is 2.55. The maximum atomic E-state index is 6.51. The Balaban J connectivity index is 1.08. The molecule has 1 aliphatic heterocycles. The molecular formula is C39H26N2O2. The zero-order valence-corrected chi connectivity index (χ0v) is 23.8. The SMILES string of the molecule is CC1(C)c2ccccc2-c2cc3c(cc21)Oc1ccc(-c2cccc(-c4ccc5ccc6cccnc6c5n4)c2)cc1O3. The van der Waals surface area contributed by atoms with Crippen molar-refractivity contribution in [2.24, 2.45) is 0 Å². The third-order valence-corrected chi connectivity index (χ3v) is 8.96. The molecule has 0 spiro atoms. The molecule has 43 heavy (non-hydrogen) atoms. The van der Waals surface area contributed by atoms with Crippen LogP contribution in [0.4, 0.5) is 0 Å². The van der Waals surface area contributed by atoms with Gasteiger partial charge in [-0.25, -0.2) is 4.98 Å². The molecule has 0 N–H and O–H groups in total. The average molecular weight is 555 g/mol. The Hall–Kier alpha value is -5.48. The first-order valence-electron chi connectivity index (χ1n) is 14.6. The molecule has 5 aromatic carbocycles. The molecule has 0 radical (unpaired) electrons. The van der Waals surface area contributed by atoms with Gasteiger partial charge in [-0.3, -0.25) is 4.98 Å². The molecule has 1 aliphatic carbocycles. The number of ether oxygens (including phenoxy) is 2. The predicted octanol–water partition coefficient (Wildman–Crippen LogP) is 10.3. The molecule has 2 aromatic heterocycles. The molecule has 0 saturated carbocycles. The minimum atomic E-state index is -0.0943. The summed E-state index contributed by atoms with van der Waals surface area (Å²) in [5.41, 5.74) is 10.9. The molecular weight excluding hydrogens is 528 g/mol. The summed E-state index contributed by atoms with van der Waals surface area (Å²) in [6.07, 6.45) is 1.82. The van der Waals surface area contributed by atoms with Gasteiger partial charge in [-0.15, -0.1) is 0 Å². The number of benzene rings is 5. The van der Waals surface area contributed by atoms with Gasteiger partial charge in [0.15, 0.2) is 23.0 Å². The van der Waals surface area contributed by atoms with Crippen LogP contribution in [-0.2, 0) is 5.41 Å². The molecule has 0 saturated heterocycles. The van der Waals surface area contributed by atoms with Gasteiger partial charge in [0.25, 0.3) is 0 Å². The maximum absolute atomic E-state index is 6.51. The van der Waals surface area contributed by atoms with E-state index in [0.29, 0.717) is 5.75 Å². The van der Waals surface area contributed by atoms with Crippen LogP contribution in [0.5, 0.6) is 23.0 Å². The third-order valence-electron chi connectivity index (χ3n) is 8.96. The second-order valence-corrected chi connectivity index (χ2v) is 11.9. The second-order valence-electron chi connectivity index (χ2n) is 11.9. The van der Waals surface area contributed by atoms with Crippen molar-refractivity contribution in [1.29, 1.82) is 0 Å². The lowest BCUT2D eigenvalue weighted by Crippen LogP contribution is -2.15. The summed E-state index contributed by atoms with van der Waals surface area (Å²) in [5.74, 6) is 2.93. The van der Waals surface area contributed by atoms with Gasteiger partial charge < -0.3 is 9.47 Å². The summed E-state index contributed by atoms with van der Waals surface area (Å²) in [6, 6.07) is 40.0. The molecule has 0 fully saturated rings. The topological polar surface area (TPSA) is 44.2 Å². The molecule has 3 heterocycles. The van der Waals surface area contributed by atoms with Gasteiger partial charge in [0.2, 0.25) is 0 Å². The number of rotatable bonds is 2. The van der Waals surface area contributed by atoms with Crippen LogP contribution < -0.4 is 9.47 Å². The summed E-state index contributed by atoms with van der Waals surface area (Å²) in [7, 11) is 0. The first-order chi connectivity index (χ1) is 21.0. The predicted molar refractivity (Wildman–Crippen MR) is 172 cm³/mol. The second kappa shape index (κ2) is 8.76. The van der Waals surface area contributed by atoms with Crippen molar-refractivity contribution in [3.63, 3.8) is 0 Å². The summed E-state index contributed by atoms with van der Waals surface area (Å²) >= 11 is 0. The minimum Gasteiger partial charge on any atom is -0.450 e. The highest BCUT2D eigenvalue weighted by molar-refractivity contribution is 6.03. The lowest BCUT2D eigenvalue weighted by Gasteiger charge is -2.25. The molecule has 7 aromatic rings. The van der Waals surface area contributed by atoms with E-state index in [4.69, 9.17) is 14.5 Å². The van der Waals surface area contributed by atoms with Crippen molar-refractivity contribution >= 4 is 21.8 Å². The lowest BCUT2D eigenvalue weighted by atomic mass is 9.82. The van der Waals surface area contributed by atoms with Crippen molar-refractivity contribution in [1.82, 2.24) is 9.97 Å². The molecule has 0 atom stereocenters. The normalized spacial score (nSPS) is 13.9. The van der Waals surface area contributed by atoms with E-state index in [0.717, 1.165) is 61.4 Å². The number of hydrogen-bond acceptors (Lipinski definition) is 4. The van der Waals surface area contributed by atoms with Crippen LogP contribution in [0.2, 0.25) is 0 Å². The van der Waals surface area contributed by atoms with Crippen LogP contribution in [0.15, 0.2) is 121 Å². The van der Waals surface area contributed by atoms with E-state index >= 15 is 0 Å². The fraction of sp³-hybridized carbons (Fsp3) is 0.0769. The number of aromatic nitrogens is 2. The molecule has 0 unspecified atom stereocenters. The third kappa shape index (κ3) is 3.63. The summed E-state index contributed by atoms with van der Waals surface area (Å²) in [5, 5.41) is 2.17. The van der Waals surface area contributed by atoms with Gasteiger partial charge >= 0.3 is 0 Å². The molecule has 204 valence electrons. The fourth-order valence-corrected chi connectivity index (χ4v) is 6.70. The van der Waals surface area contributed by atoms with Crippen LogP contribution in [0.3, 0.4) is 0 Å². The minimum absolute atomic E-state index is 0.0943. The summed E-state index contributed by atoms with van der Waals surface area (Å²) < 4.78 is 12.9. The standard InChI is InChI=1S/C39H26N2O2/c1-39(2)30-11-4-3-10-28(30)29-21-35-36(22-31(29)39)42-33-17-15-26(20-34(33)43-35)25-7-5-8-27(19-25)32-16-14-24-13-12-23-9-6-18-40-37(23)38(24)41-32/h3-22H,1-2H3. The fourth-order valence-electron chi connectivity index (χ4n) is 6.70. The Morgan fingerprint density at radius 1 is 0.512 bits per heavy atom. The number of nitrogens with zero attached hydrogens (tertiary/aromatic N) is 2. The zero-order valence-electron chi connectivity index (χ0n) is 23.8. The summed E-state index contributed by atoms with van der Waals surface area (Å²) in [4.78, 5) is 9.67. The van der Waals surface area contributed by atoms with E-state index in [1.54, 1.807) is 0 Å². The van der Waals surface area contributed by atoms with E-state index in [9.17, 15) is 0 Å². The largest absolute Gasteiger partial charge is 0.450 e. The van der Waals surface area contributed by atoms with E-state index in [1.807, 2.05) is 18.3 Å². The Morgan fingerprint density at radius 3 is 2.19 bits per heavy atom. The molecule has 9 rings (SSSR count).